The van der Waals surface area contributed by atoms with E-state index >= 15 is 0 Å². The molecule has 4 aromatic carbocycles. The molecule has 546 valence electrons. The Hall–Kier alpha value is -9.44. The van der Waals surface area contributed by atoms with Gasteiger partial charge in [0.1, 0.15) is 43.1 Å². The zero-order chi connectivity index (χ0) is 74.2. The maximum absolute atomic E-state index is 14.2. The average molecular weight is 1440 g/mol. The van der Waals surface area contributed by atoms with Gasteiger partial charge in [-0.15, -0.1) is 13.2 Å². The Morgan fingerprint density at radius 1 is 0.465 bits per heavy atom. The molecule has 0 heterocycles. The van der Waals surface area contributed by atoms with Crippen molar-refractivity contribution in [3.05, 3.63) is 145 Å². The van der Waals surface area contributed by atoms with Crippen molar-refractivity contribution < 1.29 is 84.1 Å². The fourth-order valence-electron chi connectivity index (χ4n) is 12.4. The first-order chi connectivity index (χ1) is 47.5. The first-order valence-corrected chi connectivity index (χ1v) is 36.8. The molecule has 4 aliphatic rings. The molecule has 26 nitrogen and oxygen atoms in total. The molecule has 28 heteroatoms. The Morgan fingerprint density at radius 3 is 1.10 bits per heavy atom. The average Bonchev–Trinajstić information content (AvgIpc) is 1.57. The van der Waals surface area contributed by atoms with Gasteiger partial charge in [-0.05, 0) is 127 Å². The zero-order valence-corrected chi connectivity index (χ0v) is 59.9. The van der Waals surface area contributed by atoms with E-state index in [-0.39, 0.29) is 84.9 Å². The number of rotatable bonds is 32. The van der Waals surface area contributed by atoms with Gasteiger partial charge in [-0.1, -0.05) is 123 Å². The van der Waals surface area contributed by atoms with E-state index in [4.69, 9.17) is 14.6 Å². The fourth-order valence-corrected chi connectivity index (χ4v) is 14.8. The van der Waals surface area contributed by atoms with Gasteiger partial charge >= 0.3 is 24.1 Å². The van der Waals surface area contributed by atoms with Crippen LogP contribution < -0.4 is 41.3 Å². The second-order valence-electron chi connectivity index (χ2n) is 28.1. The number of unbranched alkanes of at least 4 members (excludes halogenated alkanes) is 8. The van der Waals surface area contributed by atoms with Crippen LogP contribution in [0.25, 0.3) is 0 Å². The molecule has 0 bridgehead atoms. The molecule has 8 amide bonds. The molecule has 101 heavy (non-hydrogen) atoms. The summed E-state index contributed by atoms with van der Waals surface area (Å²) >= 11 is 0. The summed E-state index contributed by atoms with van der Waals surface area (Å²) < 4.78 is 74.3. The molecule has 0 radical (unpaired) electrons. The van der Waals surface area contributed by atoms with Crippen molar-refractivity contribution in [2.75, 3.05) is 17.7 Å². The lowest BCUT2D eigenvalue weighted by molar-refractivity contribution is -0.141. The Kier molecular flexibility index (Phi) is 26.1. The van der Waals surface area contributed by atoms with Gasteiger partial charge in [-0.3, -0.25) is 38.4 Å². The van der Waals surface area contributed by atoms with E-state index in [9.17, 15) is 64.8 Å². The number of methoxy groups -OCH3 is 1. The molecular formula is C73H94N8O18S2. The highest BCUT2D eigenvalue weighted by molar-refractivity contribution is 7.90. The molecule has 0 aromatic heterocycles. The van der Waals surface area contributed by atoms with E-state index in [1.165, 1.54) is 55.7 Å². The zero-order valence-electron chi connectivity index (χ0n) is 58.3. The predicted molar refractivity (Wildman–Crippen MR) is 375 cm³/mol. The highest BCUT2D eigenvalue weighted by atomic mass is 32.2. The molecule has 9 N–H and O–H groups in total. The topological polar surface area (TPSA) is 383 Å². The number of aliphatic carboxylic acids is 1. The quantitative estimate of drug-likeness (QED) is 0.00953. The minimum Gasteiger partial charge on any atom is -0.481 e. The molecule has 0 spiro atoms. The minimum absolute atomic E-state index is 0.000681. The second kappa shape index (κ2) is 33.4. The number of hydrogen-bond donors (Lipinski definition) is 9. The van der Waals surface area contributed by atoms with E-state index in [0.717, 1.165) is 54.4 Å². The number of alkyl carbamates (subject to hydrolysis) is 2. The number of carboxylic acid groups (broad SMARTS) is 1. The standard InChI is InChI=1S/C37H48N4O9S.C36H46N4O9S/c1-6-27-24-37(27,39-32(44)36(40-34(46)50-35(2,3)4)22-25-16-12-13-17-26(25)23-36)33(45)41-51(47,48)29-19-15-14-18-28(29)38-30(42)20-10-8-7-9-11-21-31(43)49-5;1-5-26-23-36(26,38-31(44)35(39-33(46)49-34(2,3)4)21-24-15-11-12-16-25(24)22-35)32(45)40-50(47,48)28-18-14-13-17-27(28)37-29(41)19-9-7-6-8-10-20-30(42)43/h6,12-19,27H,1,7-11,20-24H2,2-5H3,(H,38,42)(H,39,44)(H,40,46)(H,41,45);5,11-18,26H,1,6-10,19-23H2,2-4H3,(H,37,41)(H,38,44)(H,39,46)(H,40,45)(H,42,43)/t27-,37-;26-,36-/m11/s1. The van der Waals surface area contributed by atoms with E-state index in [0.29, 0.717) is 38.5 Å². The Bertz CT molecular complexity index is 3980. The van der Waals surface area contributed by atoms with Crippen LogP contribution in [0.5, 0.6) is 0 Å². The Balaban J connectivity index is 0.000000283. The van der Waals surface area contributed by atoms with Gasteiger partial charge in [0.05, 0.1) is 18.5 Å². The lowest BCUT2D eigenvalue weighted by Crippen LogP contribution is -2.64. The number of para-hydroxylation sites is 2. The lowest BCUT2D eigenvalue weighted by Gasteiger charge is -2.32. The van der Waals surface area contributed by atoms with E-state index in [1.54, 1.807) is 53.7 Å². The van der Waals surface area contributed by atoms with Gasteiger partial charge in [0.25, 0.3) is 31.9 Å². The number of hydrogen-bond acceptors (Lipinski definition) is 17. The molecule has 4 aromatic rings. The summed E-state index contributed by atoms with van der Waals surface area (Å²) in [6.07, 6.45) is 9.69. The monoisotopic (exact) mass is 1430 g/mol. The number of carbonyl (C=O) groups excluding carboxylic acids is 9. The van der Waals surface area contributed by atoms with Crippen molar-refractivity contribution in [1.82, 2.24) is 30.7 Å². The van der Waals surface area contributed by atoms with Gasteiger partial charge in [0.2, 0.25) is 23.6 Å². The number of esters is 1. The fraction of sp³-hybridized carbons (Fsp3) is 0.479. The van der Waals surface area contributed by atoms with Crippen LogP contribution in [0.2, 0.25) is 0 Å². The Labute approximate surface area is 590 Å². The van der Waals surface area contributed by atoms with E-state index in [2.05, 4.69) is 59.2 Å². The number of nitrogens with one attached hydrogen (secondary N) is 8. The van der Waals surface area contributed by atoms with Gasteiger partial charge in [-0.2, -0.15) is 0 Å². The molecule has 2 saturated carbocycles. The summed E-state index contributed by atoms with van der Waals surface area (Å²) in [4.78, 5) is 129. The summed E-state index contributed by atoms with van der Waals surface area (Å²) in [6, 6.07) is 26.1. The molecule has 4 atom stereocenters. The van der Waals surface area contributed by atoms with Gasteiger partial charge in [-0.25, -0.2) is 35.9 Å². The highest BCUT2D eigenvalue weighted by Gasteiger charge is 2.64. The van der Waals surface area contributed by atoms with Crippen LogP contribution in [-0.4, -0.2) is 122 Å². The van der Waals surface area contributed by atoms with Crippen molar-refractivity contribution in [1.29, 1.82) is 0 Å². The number of ether oxygens (including phenoxy) is 3. The molecule has 0 unspecified atom stereocenters. The predicted octanol–water partition coefficient (Wildman–Crippen LogP) is 8.83. The molecule has 0 aliphatic heterocycles. The van der Waals surface area contributed by atoms with Crippen LogP contribution in [0.1, 0.15) is 167 Å². The largest absolute Gasteiger partial charge is 0.481 e. The molecular weight excluding hydrogens is 1340 g/mol. The second-order valence-corrected chi connectivity index (χ2v) is 31.4. The molecule has 8 rings (SSSR count). The van der Waals surface area contributed by atoms with Crippen LogP contribution in [0.4, 0.5) is 21.0 Å². The number of amides is 8. The number of anilines is 2. The molecule has 0 saturated heterocycles. The summed E-state index contributed by atoms with van der Waals surface area (Å²) in [7, 11) is -7.73. The van der Waals surface area contributed by atoms with Crippen molar-refractivity contribution in [3.8, 4) is 0 Å². The van der Waals surface area contributed by atoms with Crippen molar-refractivity contribution in [2.24, 2.45) is 11.8 Å². The number of benzene rings is 4. The van der Waals surface area contributed by atoms with Crippen LogP contribution in [0.3, 0.4) is 0 Å². The van der Waals surface area contributed by atoms with Gasteiger partial charge in [0, 0.05) is 63.2 Å². The van der Waals surface area contributed by atoms with Crippen LogP contribution in [-0.2, 0) is 98.3 Å². The SMILES string of the molecule is C=C[C@@H]1C[C@]1(NC(=O)C1(NC(=O)OC(C)(C)C)Cc2ccccc2C1)C(=O)NS(=O)(=O)c1ccccc1NC(=O)CCCCCCCC(=O)O.C=C[C@@H]1C[C@]1(NC(=O)C1(NC(=O)OC(C)(C)C)Cc2ccccc2C1)C(=O)NS(=O)(=O)c1ccccc1NC(=O)CCCCCCCC(=O)OC. The maximum atomic E-state index is 14.2. The number of fused-ring (bicyclic) bond motifs is 2. The third-order valence-corrected chi connectivity index (χ3v) is 20.6. The van der Waals surface area contributed by atoms with Crippen molar-refractivity contribution in [3.63, 3.8) is 0 Å². The lowest BCUT2D eigenvalue weighted by atomic mass is 9.93. The number of carboxylic acids is 1. The van der Waals surface area contributed by atoms with Crippen LogP contribution >= 0.6 is 0 Å². The minimum atomic E-state index is -4.54. The number of carbonyl (C=O) groups is 10. The summed E-state index contributed by atoms with van der Waals surface area (Å²) in [5, 5.41) is 25.0. The Morgan fingerprint density at radius 2 is 0.782 bits per heavy atom. The third-order valence-electron chi connectivity index (χ3n) is 17.8. The first-order valence-electron chi connectivity index (χ1n) is 33.8. The summed E-state index contributed by atoms with van der Waals surface area (Å²) in [5.74, 6) is -6.39. The first kappa shape index (κ1) is 78.9. The summed E-state index contributed by atoms with van der Waals surface area (Å²) in [6.45, 7) is 17.7. The van der Waals surface area contributed by atoms with Gasteiger partial charge < -0.3 is 51.2 Å². The molecule has 2 fully saturated rings. The summed E-state index contributed by atoms with van der Waals surface area (Å²) in [5.41, 5.74) is -4.67. The molecule has 4 aliphatic carbocycles. The van der Waals surface area contributed by atoms with Crippen LogP contribution in [0, 0.1) is 11.8 Å². The van der Waals surface area contributed by atoms with Crippen LogP contribution in [0.15, 0.2) is 132 Å². The van der Waals surface area contributed by atoms with Crippen molar-refractivity contribution in [2.45, 2.75) is 213 Å². The van der Waals surface area contributed by atoms with E-state index in [1.807, 2.05) is 48.5 Å². The van der Waals surface area contributed by atoms with E-state index < -0.39 is 119 Å². The van der Waals surface area contributed by atoms with Crippen molar-refractivity contribution >= 4 is 91.0 Å². The number of sulfonamides is 2. The third kappa shape index (κ3) is 21.3. The normalized spacial score (nSPS) is 18.9. The smallest absolute Gasteiger partial charge is 0.408 e. The highest BCUT2D eigenvalue weighted by Crippen LogP contribution is 2.47. The van der Waals surface area contributed by atoms with Gasteiger partial charge in [0.15, 0.2) is 0 Å². The maximum Gasteiger partial charge on any atom is 0.408 e.